The molecule has 0 radical (unpaired) electrons. The van der Waals surface area contributed by atoms with Crippen LogP contribution in [0.1, 0.15) is 23.5 Å². The first-order chi connectivity index (χ1) is 16.4. The van der Waals surface area contributed by atoms with Gasteiger partial charge in [-0.25, -0.2) is 4.79 Å². The molecule has 0 saturated heterocycles. The van der Waals surface area contributed by atoms with Crippen molar-refractivity contribution in [2.75, 3.05) is 47.0 Å². The van der Waals surface area contributed by atoms with Crippen LogP contribution in [0.2, 0.25) is 0 Å². The molecule has 3 N–H and O–H groups in total. The molecule has 2 aromatic carbocycles. The van der Waals surface area contributed by atoms with Gasteiger partial charge < -0.3 is 30.1 Å². The number of carboxylic acid groups (broad SMARTS) is 1. The molecule has 0 aliphatic heterocycles. The van der Waals surface area contributed by atoms with Gasteiger partial charge in [0.05, 0.1) is 19.6 Å². The van der Waals surface area contributed by atoms with E-state index in [1.807, 2.05) is 36.4 Å². The monoisotopic (exact) mass is 469 g/mol. The summed E-state index contributed by atoms with van der Waals surface area (Å²) in [5.74, 6) is -1.38. The van der Waals surface area contributed by atoms with E-state index in [-0.39, 0.29) is 51.2 Å². The largest absolute Gasteiger partial charge is 0.481 e. The van der Waals surface area contributed by atoms with Crippen LogP contribution < -0.4 is 10.6 Å². The van der Waals surface area contributed by atoms with E-state index < -0.39 is 18.1 Å². The molecule has 1 atom stereocenters. The van der Waals surface area contributed by atoms with Crippen molar-refractivity contribution < 1.29 is 29.0 Å². The molecule has 0 fully saturated rings. The molecule has 9 heteroatoms. The summed E-state index contributed by atoms with van der Waals surface area (Å²) in [6, 6.07) is 15.3. The summed E-state index contributed by atoms with van der Waals surface area (Å²) in [5.41, 5.74) is 4.51. The lowest BCUT2D eigenvalue weighted by molar-refractivity contribution is -0.138. The predicted octanol–water partition coefficient (Wildman–Crippen LogP) is 2.06. The van der Waals surface area contributed by atoms with Gasteiger partial charge in [0.15, 0.2) is 0 Å². The van der Waals surface area contributed by atoms with Crippen LogP contribution in [-0.2, 0) is 19.1 Å². The van der Waals surface area contributed by atoms with Crippen LogP contribution in [0.5, 0.6) is 0 Å². The van der Waals surface area contributed by atoms with E-state index in [4.69, 9.17) is 14.6 Å². The summed E-state index contributed by atoms with van der Waals surface area (Å²) in [6.45, 7) is 0.904. The highest BCUT2D eigenvalue weighted by Gasteiger charge is 2.29. The highest BCUT2D eigenvalue weighted by atomic mass is 16.5. The van der Waals surface area contributed by atoms with Crippen molar-refractivity contribution in [1.29, 1.82) is 0 Å². The van der Waals surface area contributed by atoms with Crippen LogP contribution in [0.4, 0.5) is 4.79 Å². The average Bonchev–Trinajstić information content (AvgIpc) is 3.12. The summed E-state index contributed by atoms with van der Waals surface area (Å²) in [7, 11) is 3.60. The number of fused-ring (bicyclic) bond motifs is 3. The number of carbonyl (C=O) groups excluding carboxylic acids is 2. The molecule has 9 nitrogen and oxygen atoms in total. The molecule has 0 aromatic heterocycles. The molecule has 1 aliphatic carbocycles. The minimum absolute atomic E-state index is 0.0674. The maximum Gasteiger partial charge on any atom is 0.407 e. The zero-order valence-corrected chi connectivity index (χ0v) is 19.5. The van der Waals surface area contributed by atoms with E-state index >= 15 is 0 Å². The molecular weight excluding hydrogens is 438 g/mol. The van der Waals surface area contributed by atoms with Crippen LogP contribution >= 0.6 is 0 Å². The molecule has 3 rings (SSSR count). The molecule has 2 amide bonds. The molecule has 2 aromatic rings. The van der Waals surface area contributed by atoms with Crippen molar-refractivity contribution in [3.63, 3.8) is 0 Å². The van der Waals surface area contributed by atoms with Crippen molar-refractivity contribution in [1.82, 2.24) is 15.5 Å². The number of carboxylic acids is 1. The van der Waals surface area contributed by atoms with Gasteiger partial charge in [0.1, 0.15) is 12.6 Å². The number of hydrogen-bond donors (Lipinski definition) is 3. The van der Waals surface area contributed by atoms with Gasteiger partial charge >= 0.3 is 12.1 Å². The van der Waals surface area contributed by atoms with Crippen LogP contribution in [0.15, 0.2) is 48.5 Å². The Bertz CT molecular complexity index is 964. The highest BCUT2D eigenvalue weighted by Crippen LogP contribution is 2.44. The second kappa shape index (κ2) is 12.2. The maximum absolute atomic E-state index is 12.6. The number of amides is 2. The van der Waals surface area contributed by atoms with Gasteiger partial charge in [-0.05, 0) is 36.3 Å². The summed E-state index contributed by atoms with van der Waals surface area (Å²) in [4.78, 5) is 37.4. The number of nitrogens with zero attached hydrogens (tertiary/aromatic N) is 1. The lowest BCUT2D eigenvalue weighted by atomic mass is 9.98. The minimum Gasteiger partial charge on any atom is -0.481 e. The van der Waals surface area contributed by atoms with Gasteiger partial charge in [0, 0.05) is 19.0 Å². The number of benzene rings is 2. The summed E-state index contributed by atoms with van der Waals surface area (Å²) in [5, 5.41) is 14.0. The van der Waals surface area contributed by atoms with Crippen LogP contribution in [0, 0.1) is 0 Å². The van der Waals surface area contributed by atoms with Gasteiger partial charge in [0.25, 0.3) is 0 Å². The number of likely N-dealkylation sites (N-methyl/N-ethyl adjacent to an activating group) is 1. The molecule has 1 aliphatic rings. The van der Waals surface area contributed by atoms with E-state index in [2.05, 4.69) is 22.8 Å². The minimum atomic E-state index is -0.942. The number of rotatable bonds is 12. The van der Waals surface area contributed by atoms with E-state index in [9.17, 15) is 14.4 Å². The van der Waals surface area contributed by atoms with Crippen molar-refractivity contribution in [3.05, 3.63) is 59.7 Å². The second-order valence-corrected chi connectivity index (χ2v) is 8.33. The lowest BCUT2D eigenvalue weighted by Gasteiger charge is -2.22. The van der Waals surface area contributed by atoms with Gasteiger partial charge in [-0.1, -0.05) is 48.5 Å². The van der Waals surface area contributed by atoms with Crippen LogP contribution in [0.25, 0.3) is 11.1 Å². The van der Waals surface area contributed by atoms with Gasteiger partial charge in [0.2, 0.25) is 5.91 Å². The van der Waals surface area contributed by atoms with Gasteiger partial charge in [-0.3, -0.25) is 9.59 Å². The maximum atomic E-state index is 12.6. The molecule has 0 heterocycles. The topological polar surface area (TPSA) is 117 Å². The Hall–Kier alpha value is -3.43. The van der Waals surface area contributed by atoms with Gasteiger partial charge in [-0.15, -0.1) is 0 Å². The predicted molar refractivity (Wildman–Crippen MR) is 127 cm³/mol. The molecule has 0 spiro atoms. The van der Waals surface area contributed by atoms with Crippen molar-refractivity contribution in [2.45, 2.75) is 18.4 Å². The lowest BCUT2D eigenvalue weighted by Crippen LogP contribution is -2.52. The number of aliphatic carboxylic acids is 1. The Labute approximate surface area is 199 Å². The number of ether oxygens (including phenoxy) is 2. The smallest absolute Gasteiger partial charge is 0.407 e. The Morgan fingerprint density at radius 3 is 2.21 bits per heavy atom. The standard InChI is InChI=1S/C25H31N3O6/c1-28(2)15-22(24(31)26-12-14-33-13-11-23(29)30)27-25(32)34-16-21-19-9-5-3-7-17(19)18-8-4-6-10-20(18)21/h3-10,21-22H,11-16H2,1-2H3,(H,26,31)(H,27,32)(H,29,30)/t22-/m0/s1. The summed E-state index contributed by atoms with van der Waals surface area (Å²) in [6.07, 6.45) is -0.762. The third-order valence-corrected chi connectivity index (χ3v) is 5.51. The number of carbonyl (C=O) groups is 3. The normalized spacial score (nSPS) is 13.1. The highest BCUT2D eigenvalue weighted by molar-refractivity contribution is 5.86. The van der Waals surface area contributed by atoms with Crippen LogP contribution in [-0.4, -0.2) is 81.0 Å². The Morgan fingerprint density at radius 2 is 1.62 bits per heavy atom. The molecule has 0 saturated carbocycles. The first-order valence-electron chi connectivity index (χ1n) is 11.2. The van der Waals surface area contributed by atoms with E-state index in [1.165, 1.54) is 0 Å². The second-order valence-electron chi connectivity index (χ2n) is 8.33. The summed E-state index contributed by atoms with van der Waals surface area (Å²) >= 11 is 0. The van der Waals surface area contributed by atoms with Crippen molar-refractivity contribution in [3.8, 4) is 11.1 Å². The zero-order chi connectivity index (χ0) is 24.5. The average molecular weight is 470 g/mol. The SMILES string of the molecule is CN(C)C[C@H](NC(=O)OCC1c2ccccc2-c2ccccc21)C(=O)NCCOCCC(=O)O. The summed E-state index contributed by atoms with van der Waals surface area (Å²) < 4.78 is 10.7. The fourth-order valence-corrected chi connectivity index (χ4v) is 3.97. The fraction of sp³-hybridized carbons (Fsp3) is 0.400. The van der Waals surface area contributed by atoms with Crippen molar-refractivity contribution >= 4 is 18.0 Å². The molecule has 34 heavy (non-hydrogen) atoms. The Morgan fingerprint density at radius 1 is 1.00 bits per heavy atom. The Balaban J connectivity index is 1.53. The van der Waals surface area contributed by atoms with Crippen molar-refractivity contribution in [2.24, 2.45) is 0 Å². The quantitative estimate of drug-likeness (QED) is 0.407. The van der Waals surface area contributed by atoms with E-state index in [0.29, 0.717) is 0 Å². The van der Waals surface area contributed by atoms with Crippen LogP contribution in [0.3, 0.4) is 0 Å². The molecule has 182 valence electrons. The molecule has 0 unspecified atom stereocenters. The Kier molecular flexibility index (Phi) is 9.00. The zero-order valence-electron chi connectivity index (χ0n) is 19.5. The third kappa shape index (κ3) is 6.79. The molecular formula is C25H31N3O6. The number of alkyl carbamates (subject to hydrolysis) is 1. The first-order valence-corrected chi connectivity index (χ1v) is 11.2. The number of hydrogen-bond acceptors (Lipinski definition) is 6. The van der Waals surface area contributed by atoms with E-state index in [1.54, 1.807) is 19.0 Å². The van der Waals surface area contributed by atoms with Gasteiger partial charge in [-0.2, -0.15) is 0 Å². The molecule has 0 bridgehead atoms. The van der Waals surface area contributed by atoms with E-state index in [0.717, 1.165) is 22.3 Å². The first kappa shape index (κ1) is 25.2. The fourth-order valence-electron chi connectivity index (χ4n) is 3.97. The number of nitrogens with one attached hydrogen (secondary N) is 2. The third-order valence-electron chi connectivity index (χ3n) is 5.51.